The number of fused-ring (bicyclic) bond motifs is 1. The fourth-order valence-electron chi connectivity index (χ4n) is 4.01. The minimum atomic E-state index is 0.359. The van der Waals surface area contributed by atoms with Gasteiger partial charge in [-0.2, -0.15) is 9.97 Å². The smallest absolute Gasteiger partial charge is 0.319 e. The number of H-pyrrole nitrogens is 1. The summed E-state index contributed by atoms with van der Waals surface area (Å²) in [5.41, 5.74) is 4.65. The van der Waals surface area contributed by atoms with E-state index in [0.717, 1.165) is 74.1 Å². The van der Waals surface area contributed by atoms with Crippen LogP contribution < -0.4 is 9.64 Å². The SMILES string of the molecule is Cc1[nH]cc(-c2ncc3nc(OCCN4CCOCC4)nc(N4CCOCC4)c3n2)c1C. The number of nitrogens with one attached hydrogen (secondary N) is 1. The lowest BCUT2D eigenvalue weighted by atomic mass is 10.1. The Balaban J connectivity index is 1.45. The standard InChI is InChI=1S/C22H29N7O3/c1-15-16(2)23-13-17(15)20-24-14-18-19(26-20)21(29-6-10-31-11-7-29)27-22(25-18)32-12-5-28-3-8-30-9-4-28/h13-14,23H,3-12H2,1-2H3. The number of nitrogens with zero attached hydrogens (tertiary/aromatic N) is 6. The lowest BCUT2D eigenvalue weighted by Crippen LogP contribution is -2.39. The maximum Gasteiger partial charge on any atom is 0.319 e. The number of ether oxygens (including phenoxy) is 3. The Labute approximate surface area is 186 Å². The van der Waals surface area contributed by atoms with E-state index in [1.807, 2.05) is 13.1 Å². The van der Waals surface area contributed by atoms with E-state index in [2.05, 4.69) is 31.7 Å². The van der Waals surface area contributed by atoms with Crippen molar-refractivity contribution in [1.82, 2.24) is 29.8 Å². The van der Waals surface area contributed by atoms with Gasteiger partial charge in [-0.15, -0.1) is 0 Å². The highest BCUT2D eigenvalue weighted by molar-refractivity contribution is 5.87. The third-order valence-corrected chi connectivity index (χ3v) is 6.09. The van der Waals surface area contributed by atoms with E-state index in [1.165, 1.54) is 0 Å². The summed E-state index contributed by atoms with van der Waals surface area (Å²) in [7, 11) is 0. The molecule has 5 heterocycles. The molecule has 0 amide bonds. The summed E-state index contributed by atoms with van der Waals surface area (Å²) < 4.78 is 16.9. The second-order valence-corrected chi connectivity index (χ2v) is 8.11. The first-order valence-electron chi connectivity index (χ1n) is 11.1. The van der Waals surface area contributed by atoms with Gasteiger partial charge >= 0.3 is 6.01 Å². The minimum absolute atomic E-state index is 0.359. The van der Waals surface area contributed by atoms with E-state index in [-0.39, 0.29) is 0 Å². The van der Waals surface area contributed by atoms with Crippen LogP contribution >= 0.6 is 0 Å². The first-order chi connectivity index (χ1) is 15.7. The molecule has 5 rings (SSSR count). The molecule has 10 nitrogen and oxygen atoms in total. The first-order valence-corrected chi connectivity index (χ1v) is 11.1. The molecule has 0 saturated carbocycles. The van der Waals surface area contributed by atoms with Gasteiger partial charge in [-0.25, -0.2) is 9.97 Å². The summed E-state index contributed by atoms with van der Waals surface area (Å²) in [4.78, 5) is 26.6. The molecule has 0 spiro atoms. The molecule has 0 bridgehead atoms. The summed E-state index contributed by atoms with van der Waals surface area (Å²) in [6.45, 7) is 11.7. The van der Waals surface area contributed by atoms with Gasteiger partial charge in [0.25, 0.3) is 0 Å². The third kappa shape index (κ3) is 4.38. The van der Waals surface area contributed by atoms with Crippen LogP contribution in [0.1, 0.15) is 11.3 Å². The number of rotatable bonds is 6. The molecule has 2 saturated heterocycles. The van der Waals surface area contributed by atoms with Crippen molar-refractivity contribution in [2.75, 3.05) is 70.7 Å². The van der Waals surface area contributed by atoms with Crippen molar-refractivity contribution in [2.45, 2.75) is 13.8 Å². The van der Waals surface area contributed by atoms with Crippen LogP contribution in [0.2, 0.25) is 0 Å². The van der Waals surface area contributed by atoms with Gasteiger partial charge in [0.05, 0.1) is 32.6 Å². The lowest BCUT2D eigenvalue weighted by Gasteiger charge is -2.28. The quantitative estimate of drug-likeness (QED) is 0.613. The monoisotopic (exact) mass is 439 g/mol. The zero-order valence-electron chi connectivity index (χ0n) is 18.6. The van der Waals surface area contributed by atoms with Crippen molar-refractivity contribution in [3.63, 3.8) is 0 Å². The van der Waals surface area contributed by atoms with Gasteiger partial charge in [0.15, 0.2) is 11.6 Å². The largest absolute Gasteiger partial charge is 0.462 e. The number of anilines is 1. The Morgan fingerprint density at radius 2 is 1.75 bits per heavy atom. The van der Waals surface area contributed by atoms with Crippen molar-refractivity contribution in [1.29, 1.82) is 0 Å². The summed E-state index contributed by atoms with van der Waals surface area (Å²) >= 11 is 0. The van der Waals surface area contributed by atoms with Crippen LogP contribution in [0.25, 0.3) is 22.4 Å². The van der Waals surface area contributed by atoms with Gasteiger partial charge in [-0.05, 0) is 19.4 Å². The van der Waals surface area contributed by atoms with E-state index in [9.17, 15) is 0 Å². The molecule has 0 radical (unpaired) electrons. The predicted molar refractivity (Wildman–Crippen MR) is 120 cm³/mol. The number of hydrogen-bond donors (Lipinski definition) is 1. The number of aromatic nitrogens is 5. The Morgan fingerprint density at radius 3 is 2.47 bits per heavy atom. The van der Waals surface area contributed by atoms with Crippen molar-refractivity contribution in [2.24, 2.45) is 0 Å². The molecule has 2 fully saturated rings. The maximum atomic E-state index is 5.96. The van der Waals surface area contributed by atoms with E-state index >= 15 is 0 Å². The maximum absolute atomic E-state index is 5.96. The molecule has 2 aliphatic heterocycles. The van der Waals surface area contributed by atoms with E-state index in [1.54, 1.807) is 6.20 Å². The van der Waals surface area contributed by atoms with Crippen LogP contribution in [0.3, 0.4) is 0 Å². The van der Waals surface area contributed by atoms with Crippen molar-refractivity contribution in [3.05, 3.63) is 23.7 Å². The molecule has 170 valence electrons. The molecular formula is C22H29N7O3. The molecular weight excluding hydrogens is 410 g/mol. The molecule has 0 aliphatic carbocycles. The highest BCUT2D eigenvalue weighted by Gasteiger charge is 2.21. The molecule has 0 aromatic carbocycles. The fraction of sp³-hybridized carbons (Fsp3) is 0.545. The number of aromatic amines is 1. The van der Waals surface area contributed by atoms with Crippen LogP contribution in [0.5, 0.6) is 6.01 Å². The van der Waals surface area contributed by atoms with Crippen molar-refractivity contribution in [3.8, 4) is 17.4 Å². The zero-order valence-corrected chi connectivity index (χ0v) is 18.6. The Morgan fingerprint density at radius 1 is 1.00 bits per heavy atom. The second kappa shape index (κ2) is 9.35. The van der Waals surface area contributed by atoms with Gasteiger partial charge in [0.2, 0.25) is 0 Å². The first kappa shape index (κ1) is 21.0. The molecule has 3 aromatic rings. The molecule has 1 N–H and O–H groups in total. The van der Waals surface area contributed by atoms with Gasteiger partial charge < -0.3 is 24.1 Å². The minimum Gasteiger partial charge on any atom is -0.462 e. The normalized spacial score (nSPS) is 17.8. The molecule has 0 atom stereocenters. The molecule has 32 heavy (non-hydrogen) atoms. The van der Waals surface area contributed by atoms with Crippen LogP contribution in [-0.4, -0.2) is 95.6 Å². The van der Waals surface area contributed by atoms with Crippen LogP contribution in [-0.2, 0) is 9.47 Å². The van der Waals surface area contributed by atoms with Gasteiger partial charge in [-0.3, -0.25) is 4.90 Å². The van der Waals surface area contributed by atoms with Crippen LogP contribution in [0.15, 0.2) is 12.4 Å². The Kier molecular flexibility index (Phi) is 6.15. The molecule has 0 unspecified atom stereocenters. The predicted octanol–water partition coefficient (Wildman–Crippen LogP) is 1.58. The Bertz CT molecular complexity index is 1070. The van der Waals surface area contributed by atoms with Crippen LogP contribution in [0.4, 0.5) is 5.82 Å². The lowest BCUT2D eigenvalue weighted by molar-refractivity contribution is 0.0317. The van der Waals surface area contributed by atoms with E-state index in [0.29, 0.717) is 37.2 Å². The number of aryl methyl sites for hydroxylation is 1. The summed E-state index contributed by atoms with van der Waals surface area (Å²) in [6, 6.07) is 0.359. The van der Waals surface area contributed by atoms with E-state index in [4.69, 9.17) is 24.2 Å². The number of hydrogen-bond acceptors (Lipinski definition) is 9. The summed E-state index contributed by atoms with van der Waals surface area (Å²) in [5.74, 6) is 1.44. The highest BCUT2D eigenvalue weighted by Crippen LogP contribution is 2.29. The number of morpholine rings is 2. The Hall–Kier alpha value is -2.82. The second-order valence-electron chi connectivity index (χ2n) is 8.11. The molecule has 2 aliphatic rings. The highest BCUT2D eigenvalue weighted by atomic mass is 16.5. The average Bonchev–Trinajstić information content (AvgIpc) is 3.17. The van der Waals surface area contributed by atoms with Gasteiger partial charge in [-0.1, -0.05) is 0 Å². The van der Waals surface area contributed by atoms with Gasteiger partial charge in [0.1, 0.15) is 17.6 Å². The zero-order chi connectivity index (χ0) is 21.9. The van der Waals surface area contributed by atoms with Crippen LogP contribution in [0, 0.1) is 13.8 Å². The van der Waals surface area contributed by atoms with Crippen molar-refractivity contribution >= 4 is 16.9 Å². The topological polar surface area (TPSA) is 102 Å². The van der Waals surface area contributed by atoms with E-state index < -0.39 is 0 Å². The fourth-order valence-corrected chi connectivity index (χ4v) is 4.01. The van der Waals surface area contributed by atoms with Crippen molar-refractivity contribution < 1.29 is 14.2 Å². The average molecular weight is 440 g/mol. The third-order valence-electron chi connectivity index (χ3n) is 6.09. The molecule has 3 aromatic heterocycles. The summed E-state index contributed by atoms with van der Waals surface area (Å²) in [5, 5.41) is 0. The molecule has 10 heteroatoms. The summed E-state index contributed by atoms with van der Waals surface area (Å²) in [6.07, 6.45) is 3.71. The van der Waals surface area contributed by atoms with Gasteiger partial charge in [0, 0.05) is 50.2 Å².